The summed E-state index contributed by atoms with van der Waals surface area (Å²) in [5.41, 5.74) is 5.85. The van der Waals surface area contributed by atoms with Gasteiger partial charge in [-0.05, 0) is 24.3 Å². The van der Waals surface area contributed by atoms with Gasteiger partial charge in [-0.25, -0.2) is 0 Å². The first-order valence-corrected chi connectivity index (χ1v) is 7.76. The van der Waals surface area contributed by atoms with Gasteiger partial charge < -0.3 is 5.73 Å². The molecule has 20 heavy (non-hydrogen) atoms. The van der Waals surface area contributed by atoms with Crippen LogP contribution in [0.4, 0.5) is 5.69 Å². The van der Waals surface area contributed by atoms with Gasteiger partial charge in [0.2, 0.25) is 0 Å². The van der Waals surface area contributed by atoms with E-state index in [0.29, 0.717) is 0 Å². The quantitative estimate of drug-likeness (QED) is 0.411. The molecule has 0 amide bonds. The summed E-state index contributed by atoms with van der Waals surface area (Å²) in [6.07, 6.45) is 0. The van der Waals surface area contributed by atoms with Gasteiger partial charge in [-0.1, -0.05) is 6.07 Å². The van der Waals surface area contributed by atoms with E-state index in [1.165, 1.54) is 12.1 Å². The summed E-state index contributed by atoms with van der Waals surface area (Å²) < 4.78 is 62.5. The van der Waals surface area contributed by atoms with E-state index < -0.39 is 30.0 Å². The van der Waals surface area contributed by atoms with Crippen molar-refractivity contribution in [2.24, 2.45) is 0 Å². The summed E-state index contributed by atoms with van der Waals surface area (Å²) in [5, 5.41) is 0.167. The van der Waals surface area contributed by atoms with Gasteiger partial charge in [-0.15, -0.1) is 0 Å². The van der Waals surface area contributed by atoms with Crippen LogP contribution in [0.1, 0.15) is 0 Å². The second-order valence-corrected chi connectivity index (χ2v) is 6.62. The van der Waals surface area contributed by atoms with Crippen LogP contribution in [0.15, 0.2) is 40.1 Å². The maximum absolute atomic E-state index is 11.2. The Morgan fingerprint density at radius 2 is 1.45 bits per heavy atom. The molecule has 0 heterocycles. The predicted molar refractivity (Wildman–Crippen MR) is 75.1 cm³/mol. The van der Waals surface area contributed by atoms with E-state index in [2.05, 4.69) is 0 Å². The molecule has 0 aliphatic rings. The molecule has 0 radical (unpaired) electrons. The average Bonchev–Trinajstić information content (AvgIpc) is 2.26. The molecule has 10 heteroatoms. The monoisotopic (exact) mass is 311 g/mol. The van der Waals surface area contributed by atoms with Crippen LogP contribution in [-0.4, -0.2) is 44.8 Å². The van der Waals surface area contributed by atoms with E-state index in [0.717, 1.165) is 18.2 Å². The molecule has 0 saturated heterocycles. The first-order chi connectivity index (χ1) is 8.60. The number of hydrogen-bond donors (Lipinski definition) is 3. The average molecular weight is 311 g/mol. The summed E-state index contributed by atoms with van der Waals surface area (Å²) in [5.74, 6) is 0. The Morgan fingerprint density at radius 1 is 0.850 bits per heavy atom. The van der Waals surface area contributed by atoms with E-state index in [-0.39, 0.29) is 35.3 Å². The third-order valence-corrected chi connectivity index (χ3v) is 4.32. The van der Waals surface area contributed by atoms with Gasteiger partial charge in [0.15, 0.2) is 0 Å². The van der Waals surface area contributed by atoms with Crippen LogP contribution in [0.3, 0.4) is 0 Å². The molecular weight excluding hydrogens is 301 g/mol. The van der Waals surface area contributed by atoms with E-state index in [4.69, 9.17) is 14.8 Å². The third-order valence-electron chi connectivity index (χ3n) is 2.56. The Hall–Kier alpha value is -1.08. The van der Waals surface area contributed by atoms with E-state index >= 15 is 0 Å². The molecule has 4 N–H and O–H groups in total. The molecule has 0 aromatic heterocycles. The molecule has 0 fully saturated rings. The molecule has 2 aromatic carbocycles. The second-order valence-electron chi connectivity index (χ2n) is 3.81. The van der Waals surface area contributed by atoms with Gasteiger partial charge in [-0.3, -0.25) is 9.11 Å². The van der Waals surface area contributed by atoms with Crippen LogP contribution in [0, 0.1) is 0 Å². The summed E-state index contributed by atoms with van der Waals surface area (Å²) in [6, 6.07) is 5.60. The van der Waals surface area contributed by atoms with Crippen LogP contribution in [0.25, 0.3) is 10.8 Å². The topological polar surface area (TPSA) is 135 Å². The molecule has 0 spiro atoms. The molecule has 0 bridgehead atoms. The molecule has 0 atom stereocenters. The molecule has 0 saturated carbocycles. The van der Waals surface area contributed by atoms with Crippen LogP contribution in [-0.2, 0) is 20.2 Å². The number of rotatable bonds is 2. The molecule has 2 rings (SSSR count). The summed E-state index contributed by atoms with van der Waals surface area (Å²) in [7, 11) is -9.03. The normalized spacial score (nSPS) is 12.1. The van der Waals surface area contributed by atoms with Gasteiger partial charge >= 0.3 is 18.9 Å². The third kappa shape index (κ3) is 3.14. The van der Waals surface area contributed by atoms with Crippen LogP contribution >= 0.6 is 0 Å². The fourth-order valence-electron chi connectivity index (χ4n) is 1.71. The second kappa shape index (κ2) is 5.36. The fraction of sp³-hybridized carbons (Fsp3) is 0. The number of benzene rings is 2. The van der Waals surface area contributed by atoms with Crippen LogP contribution < -0.4 is 5.73 Å². The molecular formula is C10H10LiNO6S2. The Morgan fingerprint density at radius 3 is 1.95 bits per heavy atom. The molecule has 2 aromatic rings. The van der Waals surface area contributed by atoms with Crippen molar-refractivity contribution in [1.82, 2.24) is 0 Å². The zero-order chi connectivity index (χ0) is 14.4. The van der Waals surface area contributed by atoms with Gasteiger partial charge in [0, 0.05) is 16.5 Å². The van der Waals surface area contributed by atoms with Gasteiger partial charge in [0.25, 0.3) is 20.2 Å². The maximum atomic E-state index is 11.2. The van der Waals surface area contributed by atoms with Crippen molar-refractivity contribution >= 4 is 55.6 Å². The minimum atomic E-state index is -4.54. The fourth-order valence-corrected chi connectivity index (χ4v) is 2.90. The number of hydrogen-bond acceptors (Lipinski definition) is 5. The van der Waals surface area contributed by atoms with Gasteiger partial charge in [0.1, 0.15) is 4.90 Å². The van der Waals surface area contributed by atoms with E-state index in [9.17, 15) is 16.8 Å². The zero-order valence-electron chi connectivity index (χ0n) is 9.31. The zero-order valence-corrected chi connectivity index (χ0v) is 10.9. The number of nitrogen functional groups attached to an aromatic ring is 1. The summed E-state index contributed by atoms with van der Waals surface area (Å²) >= 11 is 0. The van der Waals surface area contributed by atoms with Crippen LogP contribution in [0.5, 0.6) is 0 Å². The Kier molecular flexibility index (Phi) is 4.55. The number of anilines is 1. The van der Waals surface area contributed by atoms with Gasteiger partial charge in [0.05, 0.1) is 4.90 Å². The van der Waals surface area contributed by atoms with Crippen molar-refractivity contribution in [3.05, 3.63) is 30.3 Å². The first kappa shape index (κ1) is 17.0. The molecule has 104 valence electrons. The van der Waals surface area contributed by atoms with Crippen molar-refractivity contribution in [3.8, 4) is 0 Å². The van der Waals surface area contributed by atoms with E-state index in [1.54, 1.807) is 0 Å². The standard InChI is InChI=1S/C10H9NO6S2.Li.H/c11-9-3-4-10(19(15,16)17)8-5-6(18(12,13)14)1-2-7(8)9;;/h1-5H,11H2,(H,12,13,14)(H,15,16,17);;. The molecule has 0 unspecified atom stereocenters. The van der Waals surface area contributed by atoms with Crippen molar-refractivity contribution in [3.63, 3.8) is 0 Å². The number of nitrogens with two attached hydrogens (primary N) is 1. The van der Waals surface area contributed by atoms with Gasteiger partial charge in [-0.2, -0.15) is 16.8 Å². The Balaban J connectivity index is 0.00000200. The molecule has 0 aliphatic heterocycles. The van der Waals surface area contributed by atoms with Crippen molar-refractivity contribution in [1.29, 1.82) is 0 Å². The first-order valence-electron chi connectivity index (χ1n) is 4.88. The number of fused-ring (bicyclic) bond motifs is 1. The van der Waals surface area contributed by atoms with Crippen LogP contribution in [0.2, 0.25) is 0 Å². The minimum absolute atomic E-state index is 0. The molecule has 0 aliphatic carbocycles. The van der Waals surface area contributed by atoms with Crippen molar-refractivity contribution < 1.29 is 25.9 Å². The summed E-state index contributed by atoms with van der Waals surface area (Å²) in [6.45, 7) is 0. The van der Waals surface area contributed by atoms with Crippen molar-refractivity contribution in [2.45, 2.75) is 9.79 Å². The Bertz CT molecular complexity index is 876. The SMILES string of the molecule is Nc1ccc(S(=O)(=O)O)c2cc(S(=O)(=O)O)ccc12.[LiH]. The summed E-state index contributed by atoms with van der Waals surface area (Å²) in [4.78, 5) is -0.974. The van der Waals surface area contributed by atoms with Crippen molar-refractivity contribution in [2.75, 3.05) is 5.73 Å². The predicted octanol–water partition coefficient (Wildman–Crippen LogP) is 0.267. The Labute approximate surface area is 127 Å². The molecule has 7 nitrogen and oxygen atoms in total. The van der Waals surface area contributed by atoms with E-state index in [1.807, 2.05) is 0 Å².